The van der Waals surface area contributed by atoms with Crippen molar-refractivity contribution in [2.24, 2.45) is 0 Å². The molecule has 8 heteroatoms. The van der Waals surface area contributed by atoms with Crippen LogP contribution >= 0.6 is 0 Å². The Morgan fingerprint density at radius 2 is 1.96 bits per heavy atom. The summed E-state index contributed by atoms with van der Waals surface area (Å²) in [4.78, 5) is 32.9. The van der Waals surface area contributed by atoms with E-state index in [1.54, 1.807) is 4.90 Å². The third kappa shape index (κ3) is 3.21. The third-order valence-corrected chi connectivity index (χ3v) is 5.05. The van der Waals surface area contributed by atoms with Gasteiger partial charge in [-0.1, -0.05) is 12.1 Å². The van der Waals surface area contributed by atoms with Crippen LogP contribution in [0.1, 0.15) is 34.9 Å². The summed E-state index contributed by atoms with van der Waals surface area (Å²) in [6.07, 6.45) is 1.59. The number of carbonyl (C=O) groups excluding carboxylic acids is 1. The molecule has 0 unspecified atom stereocenters. The standard InChI is InChI=1S/C19H19N5O3/c20-14-6-5-13(11-17(14)24(26)27)19(25)23-9-7-12(8-10-23)18-21-15-3-1-2-4-16(15)22-18/h1-6,11-12H,7-10,20H2,(H,21,22). The predicted molar refractivity (Wildman–Crippen MR) is 101 cm³/mol. The molecule has 2 aromatic carbocycles. The van der Waals surface area contributed by atoms with Gasteiger partial charge in [-0.3, -0.25) is 14.9 Å². The Labute approximate surface area is 155 Å². The van der Waals surface area contributed by atoms with Gasteiger partial charge in [0.25, 0.3) is 11.6 Å². The minimum absolute atomic E-state index is 0.0557. The van der Waals surface area contributed by atoms with Crippen LogP contribution in [-0.2, 0) is 0 Å². The van der Waals surface area contributed by atoms with Gasteiger partial charge < -0.3 is 15.6 Å². The highest BCUT2D eigenvalue weighted by molar-refractivity contribution is 5.95. The van der Waals surface area contributed by atoms with E-state index in [1.807, 2.05) is 24.3 Å². The van der Waals surface area contributed by atoms with Crippen molar-refractivity contribution >= 4 is 28.3 Å². The van der Waals surface area contributed by atoms with Crippen LogP contribution in [0.3, 0.4) is 0 Å². The zero-order valence-corrected chi connectivity index (χ0v) is 14.6. The van der Waals surface area contributed by atoms with Crippen molar-refractivity contribution in [2.45, 2.75) is 18.8 Å². The Morgan fingerprint density at radius 1 is 1.22 bits per heavy atom. The summed E-state index contributed by atoms with van der Waals surface area (Å²) in [6, 6.07) is 12.1. The number of nitrogens with one attached hydrogen (secondary N) is 1. The Kier molecular flexibility index (Phi) is 4.23. The van der Waals surface area contributed by atoms with Crippen molar-refractivity contribution in [3.8, 4) is 0 Å². The van der Waals surface area contributed by atoms with Crippen molar-refractivity contribution in [2.75, 3.05) is 18.8 Å². The largest absolute Gasteiger partial charge is 0.393 e. The number of aromatic amines is 1. The number of rotatable bonds is 3. The number of carbonyl (C=O) groups is 1. The highest BCUT2D eigenvalue weighted by Crippen LogP contribution is 2.29. The average molecular weight is 365 g/mol. The summed E-state index contributed by atoms with van der Waals surface area (Å²) in [7, 11) is 0. The van der Waals surface area contributed by atoms with Crippen molar-refractivity contribution in [3.05, 3.63) is 64.0 Å². The molecule has 3 aromatic rings. The lowest BCUT2D eigenvalue weighted by atomic mass is 9.95. The minimum Gasteiger partial charge on any atom is -0.393 e. The van der Waals surface area contributed by atoms with Crippen LogP contribution < -0.4 is 5.73 Å². The first kappa shape index (κ1) is 17.0. The van der Waals surface area contributed by atoms with Gasteiger partial charge in [0.15, 0.2) is 0 Å². The fourth-order valence-electron chi connectivity index (χ4n) is 3.54. The second-order valence-electron chi connectivity index (χ2n) is 6.74. The number of anilines is 1. The molecule has 1 aromatic heterocycles. The van der Waals surface area contributed by atoms with Gasteiger partial charge in [0.05, 0.1) is 16.0 Å². The lowest BCUT2D eigenvalue weighted by Crippen LogP contribution is -2.38. The molecule has 1 amide bonds. The van der Waals surface area contributed by atoms with Crippen molar-refractivity contribution in [3.63, 3.8) is 0 Å². The molecule has 27 heavy (non-hydrogen) atoms. The smallest absolute Gasteiger partial charge is 0.292 e. The molecule has 0 spiro atoms. The van der Waals surface area contributed by atoms with Gasteiger partial charge in [-0.15, -0.1) is 0 Å². The quantitative estimate of drug-likeness (QED) is 0.420. The van der Waals surface area contributed by atoms with Gasteiger partial charge >= 0.3 is 0 Å². The maximum Gasteiger partial charge on any atom is 0.292 e. The van der Waals surface area contributed by atoms with Crippen molar-refractivity contribution < 1.29 is 9.72 Å². The zero-order chi connectivity index (χ0) is 19.0. The molecule has 138 valence electrons. The molecule has 0 aliphatic carbocycles. The number of hydrogen-bond donors (Lipinski definition) is 2. The van der Waals surface area contributed by atoms with E-state index < -0.39 is 4.92 Å². The number of para-hydroxylation sites is 2. The number of nitrogens with two attached hydrogens (primary N) is 1. The van der Waals surface area contributed by atoms with Gasteiger partial charge in [-0.05, 0) is 37.1 Å². The molecule has 0 bridgehead atoms. The molecule has 8 nitrogen and oxygen atoms in total. The molecular weight excluding hydrogens is 346 g/mol. The zero-order valence-electron chi connectivity index (χ0n) is 14.6. The molecule has 0 atom stereocenters. The van der Waals surface area contributed by atoms with E-state index in [0.717, 1.165) is 29.7 Å². The minimum atomic E-state index is -0.570. The molecule has 3 N–H and O–H groups in total. The third-order valence-electron chi connectivity index (χ3n) is 5.05. The van der Waals surface area contributed by atoms with Gasteiger partial charge in [0.1, 0.15) is 11.5 Å². The van der Waals surface area contributed by atoms with E-state index >= 15 is 0 Å². The van der Waals surface area contributed by atoms with Crippen LogP contribution in [0.2, 0.25) is 0 Å². The molecule has 0 saturated carbocycles. The van der Waals surface area contributed by atoms with E-state index in [1.165, 1.54) is 18.2 Å². The van der Waals surface area contributed by atoms with Crippen LogP contribution in [0.15, 0.2) is 42.5 Å². The van der Waals surface area contributed by atoms with Crippen molar-refractivity contribution in [1.29, 1.82) is 0 Å². The summed E-state index contributed by atoms with van der Waals surface area (Å²) in [5, 5.41) is 11.0. The van der Waals surface area contributed by atoms with E-state index in [-0.39, 0.29) is 28.8 Å². The summed E-state index contributed by atoms with van der Waals surface area (Å²) in [6.45, 7) is 1.16. The number of amides is 1. The number of nitrogens with zero attached hydrogens (tertiary/aromatic N) is 3. The number of benzene rings is 2. The molecule has 1 fully saturated rings. The van der Waals surface area contributed by atoms with Crippen LogP contribution in [-0.4, -0.2) is 38.8 Å². The molecule has 2 heterocycles. The van der Waals surface area contributed by atoms with Gasteiger partial charge in [0.2, 0.25) is 0 Å². The highest BCUT2D eigenvalue weighted by Gasteiger charge is 2.27. The van der Waals surface area contributed by atoms with Gasteiger partial charge in [-0.2, -0.15) is 0 Å². The number of H-pyrrole nitrogens is 1. The van der Waals surface area contributed by atoms with Crippen LogP contribution in [0, 0.1) is 10.1 Å². The fraction of sp³-hybridized carbons (Fsp3) is 0.263. The summed E-state index contributed by atoms with van der Waals surface area (Å²) in [5.74, 6) is 1.01. The Bertz CT molecular complexity index is 988. The number of fused-ring (bicyclic) bond motifs is 1. The number of imidazole rings is 1. The summed E-state index contributed by atoms with van der Waals surface area (Å²) >= 11 is 0. The summed E-state index contributed by atoms with van der Waals surface area (Å²) < 4.78 is 0. The molecule has 1 aliphatic rings. The number of nitro benzene ring substituents is 1. The molecule has 1 saturated heterocycles. The number of nitro groups is 1. The van der Waals surface area contributed by atoms with Crippen LogP contribution in [0.4, 0.5) is 11.4 Å². The number of hydrogen-bond acceptors (Lipinski definition) is 5. The molecule has 0 radical (unpaired) electrons. The maximum atomic E-state index is 12.7. The van der Waals surface area contributed by atoms with E-state index in [2.05, 4.69) is 9.97 Å². The highest BCUT2D eigenvalue weighted by atomic mass is 16.6. The second-order valence-corrected chi connectivity index (χ2v) is 6.74. The first-order valence-electron chi connectivity index (χ1n) is 8.81. The first-order valence-corrected chi connectivity index (χ1v) is 8.81. The first-order chi connectivity index (χ1) is 13.0. The second kappa shape index (κ2) is 6.71. The normalized spacial score (nSPS) is 15.2. The van der Waals surface area contributed by atoms with Crippen LogP contribution in [0.25, 0.3) is 11.0 Å². The van der Waals surface area contributed by atoms with Crippen LogP contribution in [0.5, 0.6) is 0 Å². The fourth-order valence-corrected chi connectivity index (χ4v) is 3.54. The van der Waals surface area contributed by atoms with Gasteiger partial charge in [-0.25, -0.2) is 4.98 Å². The molecular formula is C19H19N5O3. The Morgan fingerprint density at radius 3 is 2.67 bits per heavy atom. The average Bonchev–Trinajstić information content (AvgIpc) is 3.12. The monoisotopic (exact) mass is 365 g/mol. The van der Waals surface area contributed by atoms with E-state index in [9.17, 15) is 14.9 Å². The molecule has 1 aliphatic heterocycles. The summed E-state index contributed by atoms with van der Waals surface area (Å²) in [5.41, 5.74) is 7.67. The van der Waals surface area contributed by atoms with E-state index in [4.69, 9.17) is 5.73 Å². The van der Waals surface area contributed by atoms with E-state index in [0.29, 0.717) is 13.1 Å². The Hall–Kier alpha value is -3.42. The maximum absolute atomic E-state index is 12.7. The SMILES string of the molecule is Nc1ccc(C(=O)N2CCC(c3nc4ccccc4[nH]3)CC2)cc1[N+](=O)[O-]. The topological polar surface area (TPSA) is 118 Å². The van der Waals surface area contributed by atoms with Gasteiger partial charge in [0, 0.05) is 30.6 Å². The number of aromatic nitrogens is 2. The van der Waals surface area contributed by atoms with Crippen molar-refractivity contribution in [1.82, 2.24) is 14.9 Å². The Balaban J connectivity index is 1.46. The number of likely N-dealkylation sites (tertiary alicyclic amines) is 1. The predicted octanol–water partition coefficient (Wildman–Crippen LogP) is 3.07. The number of nitrogen functional groups attached to an aromatic ring is 1. The lowest BCUT2D eigenvalue weighted by molar-refractivity contribution is -0.383. The lowest BCUT2D eigenvalue weighted by Gasteiger charge is -2.31. The number of piperidine rings is 1. The molecule has 4 rings (SSSR count).